The number of nitrogens with zero attached hydrogens (tertiary/aromatic N) is 3. The Morgan fingerprint density at radius 1 is 1.19 bits per heavy atom. The number of aromatic nitrogens is 2. The Morgan fingerprint density at radius 2 is 1.92 bits per heavy atom. The first-order chi connectivity index (χ1) is 17.8. The van der Waals surface area contributed by atoms with E-state index >= 15 is 0 Å². The fraction of sp³-hybridized carbons (Fsp3) is 0.296. The van der Waals surface area contributed by atoms with Crippen molar-refractivity contribution in [3.8, 4) is 17.3 Å². The topological polar surface area (TPSA) is 126 Å². The maximum atomic E-state index is 13.4. The molecule has 0 unspecified atom stereocenters. The molecule has 9 nitrogen and oxygen atoms in total. The van der Waals surface area contributed by atoms with Gasteiger partial charge in [0.25, 0.3) is 5.56 Å². The number of benzene rings is 2. The molecule has 1 saturated carbocycles. The molecule has 0 bridgehead atoms. The lowest BCUT2D eigenvalue weighted by Gasteiger charge is -2.42. The van der Waals surface area contributed by atoms with E-state index in [1.807, 2.05) is 0 Å². The van der Waals surface area contributed by atoms with Crippen molar-refractivity contribution < 1.29 is 18.7 Å². The molecule has 10 heteroatoms. The number of amides is 2. The molecule has 5 rings (SSSR count). The second-order valence-electron chi connectivity index (χ2n) is 9.38. The average Bonchev–Trinajstić information content (AvgIpc) is 3.70. The van der Waals surface area contributed by atoms with Crippen molar-refractivity contribution in [3.63, 3.8) is 0 Å². The highest BCUT2D eigenvalue weighted by atomic mass is 19.1. The summed E-state index contributed by atoms with van der Waals surface area (Å²) in [5.74, 6) is -0.658. The molecule has 0 spiro atoms. The monoisotopic (exact) mass is 501 g/mol. The van der Waals surface area contributed by atoms with Crippen LogP contribution in [-0.4, -0.2) is 34.6 Å². The zero-order valence-electron chi connectivity index (χ0n) is 20.1. The van der Waals surface area contributed by atoms with Crippen LogP contribution in [0, 0.1) is 30.0 Å². The van der Waals surface area contributed by atoms with Gasteiger partial charge in [0.2, 0.25) is 11.8 Å². The zero-order chi connectivity index (χ0) is 26.2. The highest BCUT2D eigenvalue weighted by molar-refractivity contribution is 5.97. The molecule has 2 fully saturated rings. The van der Waals surface area contributed by atoms with Crippen molar-refractivity contribution in [2.75, 3.05) is 18.5 Å². The Hall–Kier alpha value is -4.36. The summed E-state index contributed by atoms with van der Waals surface area (Å²) in [4.78, 5) is 42.9. The summed E-state index contributed by atoms with van der Waals surface area (Å²) in [5.41, 5.74) is 1.09. The van der Waals surface area contributed by atoms with Crippen LogP contribution >= 0.6 is 0 Å². The molecule has 1 aliphatic heterocycles. The third-order valence-corrected chi connectivity index (χ3v) is 6.60. The molecule has 188 valence electrons. The maximum absolute atomic E-state index is 13.4. The summed E-state index contributed by atoms with van der Waals surface area (Å²) >= 11 is 0. The minimum Gasteiger partial charge on any atom is -0.376 e. The summed E-state index contributed by atoms with van der Waals surface area (Å²) in [7, 11) is 0. The van der Waals surface area contributed by atoms with Crippen LogP contribution in [-0.2, 0) is 26.4 Å². The molecular weight excluding hydrogens is 477 g/mol. The first-order valence-electron chi connectivity index (χ1n) is 11.9. The van der Waals surface area contributed by atoms with E-state index in [1.54, 1.807) is 37.3 Å². The van der Waals surface area contributed by atoms with Gasteiger partial charge in [-0.05, 0) is 55.7 Å². The third kappa shape index (κ3) is 4.99. The number of aryl methyl sites for hydroxylation is 1. The van der Waals surface area contributed by atoms with E-state index in [0.717, 1.165) is 12.8 Å². The van der Waals surface area contributed by atoms with Gasteiger partial charge in [-0.3, -0.25) is 19.0 Å². The van der Waals surface area contributed by atoms with Gasteiger partial charge >= 0.3 is 0 Å². The number of carbonyl (C=O) groups excluding carboxylic acids is 2. The molecule has 3 aromatic rings. The van der Waals surface area contributed by atoms with E-state index in [0.29, 0.717) is 33.9 Å². The molecule has 2 aliphatic rings. The third-order valence-electron chi connectivity index (χ3n) is 6.60. The standard InChI is InChI=1S/C27H24FN5O4/c1-16-30-23(21-9-2-17(12-29)10-22(21)31-26(36)18-3-4-18)11-25(35)33(16)13-24(34)32-27(14-37-15-27)19-5-7-20(28)8-6-19/h2,5-11,18H,3-4,13-15H2,1H3,(H,31,36)(H,32,34). The minimum atomic E-state index is -0.785. The summed E-state index contributed by atoms with van der Waals surface area (Å²) in [5, 5.41) is 15.1. The molecule has 1 aliphatic carbocycles. The molecule has 0 atom stereocenters. The fourth-order valence-electron chi connectivity index (χ4n) is 4.31. The largest absolute Gasteiger partial charge is 0.376 e. The lowest BCUT2D eigenvalue weighted by atomic mass is 9.88. The molecule has 0 radical (unpaired) electrons. The molecule has 2 N–H and O–H groups in total. The van der Waals surface area contributed by atoms with E-state index in [1.165, 1.54) is 22.8 Å². The van der Waals surface area contributed by atoms with Crippen LogP contribution in [0.25, 0.3) is 11.3 Å². The van der Waals surface area contributed by atoms with E-state index in [4.69, 9.17) is 4.74 Å². The van der Waals surface area contributed by atoms with Crippen LogP contribution in [0.15, 0.2) is 53.3 Å². The Bertz CT molecular complexity index is 1480. The molecule has 2 heterocycles. The number of hydrogen-bond donors (Lipinski definition) is 2. The number of halogens is 1. The second-order valence-corrected chi connectivity index (χ2v) is 9.38. The van der Waals surface area contributed by atoms with E-state index in [-0.39, 0.29) is 37.4 Å². The average molecular weight is 502 g/mol. The number of anilines is 1. The van der Waals surface area contributed by atoms with Crippen molar-refractivity contribution >= 4 is 17.5 Å². The summed E-state index contributed by atoms with van der Waals surface area (Å²) in [6.07, 6.45) is 1.65. The van der Waals surface area contributed by atoms with Gasteiger partial charge in [0, 0.05) is 17.5 Å². The number of hydrogen-bond acceptors (Lipinski definition) is 6. The predicted octanol–water partition coefficient (Wildman–Crippen LogP) is 2.62. The number of carbonyl (C=O) groups is 2. The van der Waals surface area contributed by atoms with Gasteiger partial charge in [-0.1, -0.05) is 12.1 Å². The summed E-state index contributed by atoms with van der Waals surface area (Å²) in [6, 6.07) is 14.0. The van der Waals surface area contributed by atoms with E-state index in [9.17, 15) is 24.0 Å². The lowest BCUT2D eigenvalue weighted by Crippen LogP contribution is -2.60. The predicted molar refractivity (Wildman–Crippen MR) is 132 cm³/mol. The normalized spacial score (nSPS) is 15.8. The van der Waals surface area contributed by atoms with Crippen LogP contribution in [0.4, 0.5) is 10.1 Å². The lowest BCUT2D eigenvalue weighted by molar-refractivity contribution is -0.134. The Kier molecular flexibility index (Phi) is 6.31. The molecule has 1 aromatic heterocycles. The van der Waals surface area contributed by atoms with E-state index in [2.05, 4.69) is 21.7 Å². The van der Waals surface area contributed by atoms with Crippen molar-refractivity contribution in [2.24, 2.45) is 5.92 Å². The number of ether oxygens (including phenoxy) is 1. The first-order valence-corrected chi connectivity index (χ1v) is 11.9. The summed E-state index contributed by atoms with van der Waals surface area (Å²) < 4.78 is 19.9. The molecule has 1 saturated heterocycles. The van der Waals surface area contributed by atoms with Crippen molar-refractivity contribution in [1.29, 1.82) is 5.26 Å². The van der Waals surface area contributed by atoms with Gasteiger partial charge in [-0.25, -0.2) is 9.37 Å². The van der Waals surface area contributed by atoms with Crippen LogP contribution in [0.3, 0.4) is 0 Å². The number of nitrogens with one attached hydrogen (secondary N) is 2. The van der Waals surface area contributed by atoms with Gasteiger partial charge < -0.3 is 15.4 Å². The van der Waals surface area contributed by atoms with Crippen LogP contribution in [0.2, 0.25) is 0 Å². The van der Waals surface area contributed by atoms with Gasteiger partial charge in [0.05, 0.1) is 36.2 Å². The van der Waals surface area contributed by atoms with Gasteiger partial charge in [-0.15, -0.1) is 0 Å². The van der Waals surface area contributed by atoms with E-state index < -0.39 is 17.0 Å². The van der Waals surface area contributed by atoms with Crippen molar-refractivity contribution in [3.05, 3.63) is 81.7 Å². The Morgan fingerprint density at radius 3 is 2.51 bits per heavy atom. The van der Waals surface area contributed by atoms with Crippen molar-refractivity contribution in [1.82, 2.24) is 14.9 Å². The zero-order valence-corrected chi connectivity index (χ0v) is 20.1. The molecule has 2 amide bonds. The molecule has 37 heavy (non-hydrogen) atoms. The maximum Gasteiger partial charge on any atom is 0.254 e. The fourth-order valence-corrected chi connectivity index (χ4v) is 4.31. The Balaban J connectivity index is 1.38. The van der Waals surface area contributed by atoms with Gasteiger partial charge in [-0.2, -0.15) is 5.26 Å². The summed E-state index contributed by atoms with van der Waals surface area (Å²) in [6.45, 7) is 1.83. The quantitative estimate of drug-likeness (QED) is 0.513. The van der Waals surface area contributed by atoms with Crippen LogP contribution in [0.1, 0.15) is 29.8 Å². The van der Waals surface area contributed by atoms with Crippen molar-refractivity contribution in [2.45, 2.75) is 31.8 Å². The molecule has 2 aromatic carbocycles. The second kappa shape index (κ2) is 9.59. The molecular formula is C27H24FN5O4. The Labute approximate surface area is 211 Å². The number of rotatable bonds is 7. The van der Waals surface area contributed by atoms with Crippen LogP contribution in [0.5, 0.6) is 0 Å². The highest BCUT2D eigenvalue weighted by Crippen LogP contribution is 2.33. The SMILES string of the molecule is Cc1nc(-c2ccc(C#N)cc2NC(=O)C2CC2)cc(=O)n1CC(=O)NC1(c2ccc(F)cc2)COC1. The smallest absolute Gasteiger partial charge is 0.254 e. The van der Waals surface area contributed by atoms with Crippen LogP contribution < -0.4 is 16.2 Å². The van der Waals surface area contributed by atoms with Gasteiger partial charge in [0.1, 0.15) is 23.7 Å². The minimum absolute atomic E-state index is 0.0425. The number of nitriles is 1. The first kappa shape index (κ1) is 24.3. The van der Waals surface area contributed by atoms with Gasteiger partial charge in [0.15, 0.2) is 0 Å². The highest BCUT2D eigenvalue weighted by Gasteiger charge is 2.41.